The van der Waals surface area contributed by atoms with E-state index in [0.717, 1.165) is 26.1 Å². The van der Waals surface area contributed by atoms with E-state index in [1.54, 1.807) is 0 Å². The second-order valence-corrected chi connectivity index (χ2v) is 4.94. The summed E-state index contributed by atoms with van der Waals surface area (Å²) in [6.45, 7) is 1.95. The Labute approximate surface area is 78.7 Å². The molecule has 1 fully saturated rings. The van der Waals surface area contributed by atoms with Gasteiger partial charge in [-0.1, -0.05) is 0 Å². The summed E-state index contributed by atoms with van der Waals surface area (Å²) < 4.78 is 26.3. The van der Waals surface area contributed by atoms with E-state index in [4.69, 9.17) is 9.88 Å². The number of primary sulfonamides is 1. The quantitative estimate of drug-likeness (QED) is 0.623. The summed E-state index contributed by atoms with van der Waals surface area (Å²) in [5, 5.41) is 8.00. The van der Waals surface area contributed by atoms with E-state index in [1.807, 2.05) is 0 Å². The lowest BCUT2D eigenvalue weighted by atomic mass is 10.1. The number of sulfonamides is 1. The fraction of sp³-hybridized carbons (Fsp3) is 1.00. The third-order valence-corrected chi connectivity index (χ3v) is 2.81. The number of hydrogen-bond acceptors (Lipinski definition) is 4. The monoisotopic (exact) mass is 208 g/mol. The molecular formula is C7H16N2O3S. The van der Waals surface area contributed by atoms with Gasteiger partial charge in [0.1, 0.15) is 0 Å². The van der Waals surface area contributed by atoms with E-state index >= 15 is 0 Å². The molecule has 0 unspecified atom stereocenters. The highest BCUT2D eigenvalue weighted by atomic mass is 32.2. The third kappa shape index (κ3) is 5.20. The van der Waals surface area contributed by atoms with Crippen molar-refractivity contribution in [3.8, 4) is 0 Å². The van der Waals surface area contributed by atoms with Crippen molar-refractivity contribution in [3.63, 3.8) is 0 Å². The van der Waals surface area contributed by atoms with Crippen LogP contribution < -0.4 is 10.5 Å². The van der Waals surface area contributed by atoms with E-state index < -0.39 is 10.0 Å². The maximum Gasteiger partial charge on any atom is 0.210 e. The van der Waals surface area contributed by atoms with Crippen molar-refractivity contribution >= 4 is 10.0 Å². The smallest absolute Gasteiger partial charge is 0.210 e. The van der Waals surface area contributed by atoms with Crippen LogP contribution in [0.3, 0.4) is 0 Å². The van der Waals surface area contributed by atoms with Gasteiger partial charge in [-0.3, -0.25) is 0 Å². The van der Waals surface area contributed by atoms with Crippen molar-refractivity contribution in [2.24, 2.45) is 5.14 Å². The van der Waals surface area contributed by atoms with Crippen LogP contribution in [0, 0.1) is 0 Å². The van der Waals surface area contributed by atoms with E-state index in [0.29, 0.717) is 12.6 Å². The van der Waals surface area contributed by atoms with Crippen LogP contribution in [-0.2, 0) is 14.8 Å². The maximum atomic E-state index is 10.6. The van der Waals surface area contributed by atoms with Gasteiger partial charge in [0, 0.05) is 25.8 Å². The van der Waals surface area contributed by atoms with Gasteiger partial charge in [-0.2, -0.15) is 0 Å². The summed E-state index contributed by atoms with van der Waals surface area (Å²) in [6, 6.07) is 0.385. The number of hydrogen-bond donors (Lipinski definition) is 2. The minimum absolute atomic E-state index is 0.00432. The Morgan fingerprint density at radius 3 is 2.54 bits per heavy atom. The molecule has 1 heterocycles. The largest absolute Gasteiger partial charge is 0.381 e. The number of nitrogens with one attached hydrogen (secondary N) is 1. The van der Waals surface area contributed by atoms with Gasteiger partial charge in [0.2, 0.25) is 10.0 Å². The molecule has 1 rings (SSSR count). The lowest BCUT2D eigenvalue weighted by Gasteiger charge is -2.22. The highest BCUT2D eigenvalue weighted by Crippen LogP contribution is 2.05. The summed E-state index contributed by atoms with van der Waals surface area (Å²) >= 11 is 0. The summed E-state index contributed by atoms with van der Waals surface area (Å²) in [4.78, 5) is 0. The molecule has 0 aromatic rings. The van der Waals surface area contributed by atoms with Gasteiger partial charge in [0.05, 0.1) is 5.75 Å². The van der Waals surface area contributed by atoms with Crippen LogP contribution in [-0.4, -0.2) is 40.0 Å². The van der Waals surface area contributed by atoms with Crippen LogP contribution in [0.25, 0.3) is 0 Å². The minimum Gasteiger partial charge on any atom is -0.381 e. The van der Waals surface area contributed by atoms with Crippen LogP contribution in [0.15, 0.2) is 0 Å². The van der Waals surface area contributed by atoms with E-state index in [-0.39, 0.29) is 5.75 Å². The predicted molar refractivity (Wildman–Crippen MR) is 49.8 cm³/mol. The molecule has 1 aliphatic heterocycles. The predicted octanol–water partition coefficient (Wildman–Crippen LogP) is -0.956. The molecule has 1 saturated heterocycles. The second-order valence-electron chi connectivity index (χ2n) is 3.21. The normalized spacial score (nSPS) is 20.4. The Hall–Kier alpha value is -0.170. The molecule has 0 aromatic carbocycles. The average Bonchev–Trinajstić information content (AvgIpc) is 2.04. The Morgan fingerprint density at radius 2 is 2.00 bits per heavy atom. The van der Waals surface area contributed by atoms with E-state index in [1.165, 1.54) is 0 Å². The molecule has 3 N–H and O–H groups in total. The van der Waals surface area contributed by atoms with Gasteiger partial charge in [-0.05, 0) is 12.8 Å². The minimum atomic E-state index is -3.32. The van der Waals surface area contributed by atoms with Crippen molar-refractivity contribution in [3.05, 3.63) is 0 Å². The summed E-state index contributed by atoms with van der Waals surface area (Å²) in [6.07, 6.45) is 1.90. The molecule has 0 saturated carbocycles. The molecule has 0 amide bonds. The molecular weight excluding hydrogens is 192 g/mol. The van der Waals surface area contributed by atoms with Crippen molar-refractivity contribution in [2.45, 2.75) is 18.9 Å². The zero-order valence-corrected chi connectivity index (χ0v) is 8.35. The average molecular weight is 208 g/mol. The Morgan fingerprint density at radius 1 is 1.38 bits per heavy atom. The van der Waals surface area contributed by atoms with Crippen LogP contribution >= 0.6 is 0 Å². The Balaban J connectivity index is 2.11. The van der Waals surface area contributed by atoms with Crippen LogP contribution in [0.1, 0.15) is 12.8 Å². The number of nitrogens with two attached hydrogens (primary N) is 1. The summed E-state index contributed by atoms with van der Waals surface area (Å²) in [5.74, 6) is 0.00432. The van der Waals surface area contributed by atoms with Crippen molar-refractivity contribution in [1.82, 2.24) is 5.32 Å². The molecule has 0 atom stereocenters. The van der Waals surface area contributed by atoms with Crippen molar-refractivity contribution < 1.29 is 13.2 Å². The molecule has 0 radical (unpaired) electrons. The van der Waals surface area contributed by atoms with E-state index in [9.17, 15) is 8.42 Å². The van der Waals surface area contributed by atoms with Gasteiger partial charge in [0.25, 0.3) is 0 Å². The molecule has 78 valence electrons. The molecule has 0 aliphatic carbocycles. The number of ether oxygens (including phenoxy) is 1. The Kier molecular flexibility index (Phi) is 4.11. The molecule has 0 bridgehead atoms. The van der Waals surface area contributed by atoms with Gasteiger partial charge in [-0.15, -0.1) is 0 Å². The first-order valence-electron chi connectivity index (χ1n) is 4.39. The molecule has 0 spiro atoms. The Bertz CT molecular complexity index is 234. The van der Waals surface area contributed by atoms with E-state index in [2.05, 4.69) is 5.32 Å². The van der Waals surface area contributed by atoms with Crippen molar-refractivity contribution in [2.75, 3.05) is 25.5 Å². The van der Waals surface area contributed by atoms with Crippen molar-refractivity contribution in [1.29, 1.82) is 0 Å². The van der Waals surface area contributed by atoms with Gasteiger partial charge >= 0.3 is 0 Å². The van der Waals surface area contributed by atoms with Gasteiger partial charge in [-0.25, -0.2) is 13.6 Å². The highest BCUT2D eigenvalue weighted by Gasteiger charge is 2.13. The van der Waals surface area contributed by atoms with Gasteiger partial charge in [0.15, 0.2) is 0 Å². The first-order valence-corrected chi connectivity index (χ1v) is 6.11. The fourth-order valence-corrected chi connectivity index (χ4v) is 1.71. The zero-order valence-electron chi connectivity index (χ0n) is 7.53. The highest BCUT2D eigenvalue weighted by molar-refractivity contribution is 7.89. The lowest BCUT2D eigenvalue weighted by Crippen LogP contribution is -2.38. The fourth-order valence-electron chi connectivity index (χ4n) is 1.31. The number of rotatable bonds is 4. The molecule has 6 heteroatoms. The second kappa shape index (κ2) is 4.90. The summed E-state index contributed by atoms with van der Waals surface area (Å²) in [7, 11) is -3.32. The van der Waals surface area contributed by atoms with Gasteiger partial charge < -0.3 is 10.1 Å². The third-order valence-electron chi connectivity index (χ3n) is 2.04. The zero-order chi connectivity index (χ0) is 9.73. The maximum absolute atomic E-state index is 10.6. The first-order chi connectivity index (χ1) is 6.08. The molecule has 13 heavy (non-hydrogen) atoms. The molecule has 5 nitrogen and oxygen atoms in total. The van der Waals surface area contributed by atoms with Crippen LogP contribution in [0.2, 0.25) is 0 Å². The summed E-state index contributed by atoms with van der Waals surface area (Å²) in [5.41, 5.74) is 0. The van der Waals surface area contributed by atoms with Crippen LogP contribution in [0.4, 0.5) is 0 Å². The first kappa shape index (κ1) is 10.9. The molecule has 1 aliphatic rings. The lowest BCUT2D eigenvalue weighted by molar-refractivity contribution is 0.0785. The topological polar surface area (TPSA) is 81.4 Å². The molecule has 0 aromatic heterocycles. The SMILES string of the molecule is NS(=O)(=O)CCNC1CCOCC1. The standard InChI is InChI=1S/C7H16N2O3S/c8-13(10,11)6-3-9-7-1-4-12-5-2-7/h7,9H,1-6H2,(H2,8,10,11). The van der Waals surface area contributed by atoms with Crippen LogP contribution in [0.5, 0.6) is 0 Å².